The van der Waals surface area contributed by atoms with Crippen LogP contribution in [0.3, 0.4) is 0 Å². The molecule has 0 radical (unpaired) electrons. The molecule has 1 aliphatic heterocycles. The number of benzene rings is 1. The molecular weight excluding hydrogens is 258 g/mol. The van der Waals surface area contributed by atoms with Crippen LogP contribution in [0.5, 0.6) is 0 Å². The van der Waals surface area contributed by atoms with Crippen LogP contribution in [-0.4, -0.2) is 20.7 Å². The first-order chi connectivity index (χ1) is 8.04. The highest BCUT2D eigenvalue weighted by Crippen LogP contribution is 2.33. The fraction of sp³-hybridized carbons (Fsp3) is 0.500. The van der Waals surface area contributed by atoms with E-state index in [1.807, 2.05) is 0 Å². The van der Waals surface area contributed by atoms with Crippen molar-refractivity contribution in [3.8, 4) is 0 Å². The van der Waals surface area contributed by atoms with Crippen LogP contribution in [0, 0.1) is 0 Å². The minimum Gasteiger partial charge on any atom is -0.310 e. The maximum Gasteiger partial charge on any atom is 0.178 e. The molecule has 0 aliphatic carbocycles. The van der Waals surface area contributed by atoms with E-state index in [4.69, 9.17) is 11.6 Å². The van der Waals surface area contributed by atoms with Gasteiger partial charge in [-0.3, -0.25) is 0 Å². The fourth-order valence-electron chi connectivity index (χ4n) is 2.14. The fourth-order valence-corrected chi connectivity index (χ4v) is 3.93. The first-order valence-electron chi connectivity index (χ1n) is 5.80. The molecule has 0 aromatic heterocycles. The molecule has 0 amide bonds. The minimum absolute atomic E-state index is 0.104. The predicted molar refractivity (Wildman–Crippen MR) is 69.2 cm³/mol. The third-order valence-corrected chi connectivity index (χ3v) is 5.05. The van der Waals surface area contributed by atoms with Crippen LogP contribution in [0.1, 0.15) is 31.4 Å². The summed E-state index contributed by atoms with van der Waals surface area (Å²) in [5.41, 5.74) is 0.817. The summed E-state index contributed by atoms with van der Waals surface area (Å²) in [4.78, 5) is 0.432. The molecule has 0 spiro atoms. The lowest BCUT2D eigenvalue weighted by Gasteiger charge is -2.26. The molecule has 1 unspecified atom stereocenters. The Bertz CT molecular complexity index is 513. The van der Waals surface area contributed by atoms with E-state index in [-0.39, 0.29) is 11.8 Å². The summed E-state index contributed by atoms with van der Waals surface area (Å²) in [5.74, 6) is 0.211. The Balaban J connectivity index is 2.42. The Labute approximate surface area is 107 Å². The van der Waals surface area contributed by atoms with Crippen LogP contribution < -0.4 is 5.32 Å². The van der Waals surface area contributed by atoms with Gasteiger partial charge in [-0.25, -0.2) is 8.42 Å². The molecule has 0 bridgehead atoms. The molecule has 2 rings (SSSR count). The Hall–Kier alpha value is -0.580. The summed E-state index contributed by atoms with van der Waals surface area (Å²) in [6.45, 7) is 2.97. The normalized spacial score (nSPS) is 22.1. The molecule has 1 heterocycles. The van der Waals surface area contributed by atoms with Crippen molar-refractivity contribution in [2.45, 2.75) is 30.7 Å². The van der Waals surface area contributed by atoms with E-state index in [2.05, 4.69) is 12.2 Å². The van der Waals surface area contributed by atoms with Gasteiger partial charge in [0.1, 0.15) is 0 Å². The van der Waals surface area contributed by atoms with Gasteiger partial charge in [0.2, 0.25) is 0 Å². The van der Waals surface area contributed by atoms with E-state index in [9.17, 15) is 8.42 Å². The second-order valence-corrected chi connectivity index (χ2v) is 6.81. The van der Waals surface area contributed by atoms with Gasteiger partial charge < -0.3 is 5.32 Å². The number of rotatable bonds is 3. The highest BCUT2D eigenvalue weighted by atomic mass is 35.5. The van der Waals surface area contributed by atoms with E-state index in [1.165, 1.54) is 0 Å². The van der Waals surface area contributed by atoms with Gasteiger partial charge in [0.05, 0.1) is 10.6 Å². The smallest absolute Gasteiger partial charge is 0.178 e. The van der Waals surface area contributed by atoms with Crippen molar-refractivity contribution in [1.82, 2.24) is 5.32 Å². The van der Waals surface area contributed by atoms with E-state index < -0.39 is 9.84 Å². The summed E-state index contributed by atoms with van der Waals surface area (Å²) in [5, 5.41) is 3.96. The zero-order valence-electron chi connectivity index (χ0n) is 9.74. The topological polar surface area (TPSA) is 46.2 Å². The van der Waals surface area contributed by atoms with Gasteiger partial charge >= 0.3 is 0 Å². The summed E-state index contributed by atoms with van der Waals surface area (Å²) >= 11 is 5.95. The molecule has 17 heavy (non-hydrogen) atoms. The number of hydrogen-bond acceptors (Lipinski definition) is 3. The summed E-state index contributed by atoms with van der Waals surface area (Å²) in [7, 11) is -3.12. The van der Waals surface area contributed by atoms with E-state index in [1.54, 1.807) is 18.2 Å². The molecular formula is C12H16ClNO2S. The van der Waals surface area contributed by atoms with Crippen molar-refractivity contribution in [3.63, 3.8) is 0 Å². The standard InChI is InChI=1S/C12H16ClNO2S/c1-2-6-14-11-5-7-17(15,16)12-4-3-9(13)8-10(11)12/h3-4,8,11,14H,2,5-7H2,1H3. The summed E-state index contributed by atoms with van der Waals surface area (Å²) < 4.78 is 23.9. The second-order valence-electron chi connectivity index (χ2n) is 4.30. The molecule has 0 fully saturated rings. The molecule has 0 saturated carbocycles. The van der Waals surface area contributed by atoms with Crippen molar-refractivity contribution in [3.05, 3.63) is 28.8 Å². The molecule has 1 aromatic carbocycles. The van der Waals surface area contributed by atoms with Gasteiger partial charge in [0.15, 0.2) is 9.84 Å². The number of halogens is 1. The van der Waals surface area contributed by atoms with Crippen molar-refractivity contribution < 1.29 is 8.42 Å². The van der Waals surface area contributed by atoms with Crippen molar-refractivity contribution in [2.75, 3.05) is 12.3 Å². The number of sulfone groups is 1. The molecule has 3 nitrogen and oxygen atoms in total. The highest BCUT2D eigenvalue weighted by Gasteiger charge is 2.29. The van der Waals surface area contributed by atoms with Crippen LogP contribution in [0.25, 0.3) is 0 Å². The molecule has 1 aromatic rings. The van der Waals surface area contributed by atoms with Crippen LogP contribution in [0.4, 0.5) is 0 Å². The van der Waals surface area contributed by atoms with E-state index in [0.29, 0.717) is 16.3 Å². The van der Waals surface area contributed by atoms with Crippen LogP contribution in [-0.2, 0) is 9.84 Å². The first kappa shape index (κ1) is 12.9. The summed E-state index contributed by atoms with van der Waals surface area (Å²) in [6, 6.07) is 5.13. The van der Waals surface area contributed by atoms with Gasteiger partial charge in [0.25, 0.3) is 0 Å². The lowest BCUT2D eigenvalue weighted by atomic mass is 10.0. The predicted octanol–water partition coefficient (Wildman–Crippen LogP) is 2.56. The van der Waals surface area contributed by atoms with E-state index in [0.717, 1.165) is 18.5 Å². The van der Waals surface area contributed by atoms with Gasteiger partial charge in [-0.1, -0.05) is 18.5 Å². The molecule has 1 atom stereocenters. The first-order valence-corrected chi connectivity index (χ1v) is 7.83. The summed E-state index contributed by atoms with van der Waals surface area (Å²) in [6.07, 6.45) is 1.65. The molecule has 94 valence electrons. The van der Waals surface area contributed by atoms with Crippen LogP contribution in [0.2, 0.25) is 5.02 Å². The quantitative estimate of drug-likeness (QED) is 0.921. The van der Waals surface area contributed by atoms with Crippen LogP contribution >= 0.6 is 11.6 Å². The average Bonchev–Trinajstić information content (AvgIpc) is 2.28. The molecule has 1 aliphatic rings. The Kier molecular flexibility index (Phi) is 3.76. The number of fused-ring (bicyclic) bond motifs is 1. The minimum atomic E-state index is -3.12. The molecule has 1 N–H and O–H groups in total. The van der Waals surface area contributed by atoms with Gasteiger partial charge in [0, 0.05) is 11.1 Å². The Morgan fingerprint density at radius 3 is 2.94 bits per heavy atom. The zero-order chi connectivity index (χ0) is 12.5. The largest absolute Gasteiger partial charge is 0.310 e. The molecule has 0 saturated heterocycles. The Morgan fingerprint density at radius 1 is 1.47 bits per heavy atom. The maximum atomic E-state index is 11.9. The molecule has 5 heteroatoms. The van der Waals surface area contributed by atoms with Gasteiger partial charge in [-0.05, 0) is 43.1 Å². The number of hydrogen-bond donors (Lipinski definition) is 1. The SMILES string of the molecule is CCCNC1CCS(=O)(=O)c2ccc(Cl)cc21. The maximum absolute atomic E-state index is 11.9. The highest BCUT2D eigenvalue weighted by molar-refractivity contribution is 7.91. The average molecular weight is 274 g/mol. The van der Waals surface area contributed by atoms with Crippen molar-refractivity contribution in [2.24, 2.45) is 0 Å². The second kappa shape index (κ2) is 4.96. The van der Waals surface area contributed by atoms with Gasteiger partial charge in [-0.15, -0.1) is 0 Å². The van der Waals surface area contributed by atoms with Gasteiger partial charge in [-0.2, -0.15) is 0 Å². The lowest BCUT2D eigenvalue weighted by Crippen LogP contribution is -2.30. The lowest BCUT2D eigenvalue weighted by molar-refractivity contribution is 0.492. The monoisotopic (exact) mass is 273 g/mol. The zero-order valence-corrected chi connectivity index (χ0v) is 11.3. The third-order valence-electron chi connectivity index (χ3n) is 3.00. The Morgan fingerprint density at radius 2 is 2.24 bits per heavy atom. The van der Waals surface area contributed by atoms with E-state index >= 15 is 0 Å². The van der Waals surface area contributed by atoms with Crippen LogP contribution in [0.15, 0.2) is 23.1 Å². The van der Waals surface area contributed by atoms with Crippen molar-refractivity contribution in [1.29, 1.82) is 0 Å². The number of nitrogens with one attached hydrogen (secondary N) is 1. The van der Waals surface area contributed by atoms with Crippen molar-refractivity contribution >= 4 is 21.4 Å². The third kappa shape index (κ3) is 2.64.